The van der Waals surface area contributed by atoms with Gasteiger partial charge in [-0.05, 0) is 48.9 Å². The molecule has 0 spiro atoms. The number of rotatable bonds is 6. The summed E-state index contributed by atoms with van der Waals surface area (Å²) in [5.74, 6) is -1.04. The number of benzene rings is 2. The van der Waals surface area contributed by atoms with Gasteiger partial charge >= 0.3 is 0 Å². The highest BCUT2D eigenvalue weighted by Crippen LogP contribution is 2.25. The van der Waals surface area contributed by atoms with Gasteiger partial charge in [0.25, 0.3) is 0 Å². The number of sulfonamides is 1. The normalized spacial score (nSPS) is 12.5. The Morgan fingerprint density at radius 3 is 2.40 bits per heavy atom. The molecular weight excluding hydrogens is 367 g/mol. The lowest BCUT2D eigenvalue weighted by atomic mass is 10.2. The molecule has 0 heterocycles. The van der Waals surface area contributed by atoms with E-state index < -0.39 is 27.8 Å². The van der Waals surface area contributed by atoms with E-state index >= 15 is 0 Å². The molecule has 1 amide bonds. The lowest BCUT2D eigenvalue weighted by molar-refractivity contribution is -0.117. The molecule has 1 atom stereocenters. The van der Waals surface area contributed by atoms with Gasteiger partial charge in [-0.25, -0.2) is 12.8 Å². The molecule has 8 heteroatoms. The molecule has 2 aromatic rings. The summed E-state index contributed by atoms with van der Waals surface area (Å²) in [6.45, 7) is 1.70. The minimum Gasteiger partial charge on any atom is -0.324 e. The Morgan fingerprint density at radius 1 is 1.24 bits per heavy atom. The van der Waals surface area contributed by atoms with E-state index in [0.29, 0.717) is 10.7 Å². The summed E-state index contributed by atoms with van der Waals surface area (Å²) < 4.78 is 38.9. The molecule has 0 unspecified atom stereocenters. The number of hydrogen-bond acceptors (Lipinski definition) is 3. The van der Waals surface area contributed by atoms with E-state index in [1.807, 2.05) is 0 Å². The van der Waals surface area contributed by atoms with Gasteiger partial charge in [0.15, 0.2) is 0 Å². The van der Waals surface area contributed by atoms with Crippen molar-refractivity contribution in [2.24, 2.45) is 0 Å². The molecule has 0 bridgehead atoms. The molecule has 0 saturated heterocycles. The van der Waals surface area contributed by atoms with Crippen molar-refractivity contribution < 1.29 is 17.6 Å². The van der Waals surface area contributed by atoms with Crippen molar-refractivity contribution >= 4 is 38.9 Å². The van der Waals surface area contributed by atoms with E-state index in [0.717, 1.165) is 16.6 Å². The third kappa shape index (κ3) is 4.93. The molecule has 25 heavy (non-hydrogen) atoms. The SMILES string of the molecule is CC[C@H](C(=O)Nc1cccc(F)c1)N(c1ccc(Cl)cc1)S(C)(=O)=O. The minimum atomic E-state index is -3.73. The van der Waals surface area contributed by atoms with Crippen molar-refractivity contribution in [3.63, 3.8) is 0 Å². The van der Waals surface area contributed by atoms with E-state index in [1.54, 1.807) is 19.1 Å². The zero-order valence-electron chi connectivity index (χ0n) is 13.7. The van der Waals surface area contributed by atoms with E-state index in [-0.39, 0.29) is 12.1 Å². The quantitative estimate of drug-likeness (QED) is 0.826. The molecule has 2 rings (SSSR count). The first-order valence-corrected chi connectivity index (χ1v) is 9.76. The van der Waals surface area contributed by atoms with Gasteiger partial charge in [0, 0.05) is 10.7 Å². The van der Waals surface area contributed by atoms with Crippen LogP contribution in [0.25, 0.3) is 0 Å². The number of hydrogen-bond donors (Lipinski definition) is 1. The second-order valence-corrected chi connectivity index (χ2v) is 7.75. The highest BCUT2D eigenvalue weighted by atomic mass is 35.5. The smallest absolute Gasteiger partial charge is 0.248 e. The van der Waals surface area contributed by atoms with Crippen LogP contribution in [0.3, 0.4) is 0 Å². The zero-order chi connectivity index (χ0) is 18.6. The fourth-order valence-electron chi connectivity index (χ4n) is 2.44. The third-order valence-corrected chi connectivity index (χ3v) is 4.93. The molecule has 0 aliphatic heterocycles. The molecule has 0 saturated carbocycles. The zero-order valence-corrected chi connectivity index (χ0v) is 15.3. The summed E-state index contributed by atoms with van der Waals surface area (Å²) in [6, 6.07) is 10.6. The van der Waals surface area contributed by atoms with Crippen LogP contribution < -0.4 is 9.62 Å². The number of carbonyl (C=O) groups is 1. The van der Waals surface area contributed by atoms with Crippen LogP contribution in [0.15, 0.2) is 48.5 Å². The number of amides is 1. The van der Waals surface area contributed by atoms with Gasteiger partial charge in [-0.3, -0.25) is 9.10 Å². The number of carbonyl (C=O) groups excluding carboxylic acids is 1. The molecule has 1 N–H and O–H groups in total. The van der Waals surface area contributed by atoms with Gasteiger partial charge in [0.1, 0.15) is 11.9 Å². The largest absolute Gasteiger partial charge is 0.324 e. The average molecular weight is 385 g/mol. The summed E-state index contributed by atoms with van der Waals surface area (Å²) >= 11 is 5.85. The fraction of sp³-hybridized carbons (Fsp3) is 0.235. The maximum atomic E-state index is 13.3. The first-order valence-electron chi connectivity index (χ1n) is 7.53. The predicted molar refractivity (Wildman–Crippen MR) is 97.9 cm³/mol. The van der Waals surface area contributed by atoms with Crippen LogP contribution in [-0.4, -0.2) is 26.6 Å². The van der Waals surface area contributed by atoms with Crippen molar-refractivity contribution in [3.8, 4) is 0 Å². The van der Waals surface area contributed by atoms with Gasteiger partial charge in [-0.2, -0.15) is 0 Å². The average Bonchev–Trinajstić information content (AvgIpc) is 2.52. The van der Waals surface area contributed by atoms with E-state index in [1.165, 1.54) is 30.3 Å². The molecule has 5 nitrogen and oxygen atoms in total. The molecule has 134 valence electrons. The lowest BCUT2D eigenvalue weighted by Crippen LogP contribution is -2.47. The molecule has 0 aromatic heterocycles. The van der Waals surface area contributed by atoms with Crippen LogP contribution in [0, 0.1) is 5.82 Å². The summed E-state index contributed by atoms with van der Waals surface area (Å²) in [5.41, 5.74) is 0.584. The Morgan fingerprint density at radius 2 is 1.88 bits per heavy atom. The minimum absolute atomic E-state index is 0.233. The summed E-state index contributed by atoms with van der Waals surface area (Å²) in [6.07, 6.45) is 1.26. The first kappa shape index (κ1) is 19.2. The molecule has 0 aliphatic carbocycles. The van der Waals surface area contributed by atoms with Gasteiger partial charge in [-0.1, -0.05) is 24.6 Å². The van der Waals surface area contributed by atoms with Crippen LogP contribution in [0.2, 0.25) is 5.02 Å². The van der Waals surface area contributed by atoms with E-state index in [9.17, 15) is 17.6 Å². The molecular formula is C17H18ClFN2O3S. The van der Waals surface area contributed by atoms with Gasteiger partial charge in [0.05, 0.1) is 11.9 Å². The summed E-state index contributed by atoms with van der Waals surface area (Å²) in [4.78, 5) is 12.6. The van der Waals surface area contributed by atoms with Gasteiger partial charge in [-0.15, -0.1) is 0 Å². The van der Waals surface area contributed by atoms with E-state index in [2.05, 4.69) is 5.32 Å². The van der Waals surface area contributed by atoms with Crippen LogP contribution in [0.4, 0.5) is 15.8 Å². The van der Waals surface area contributed by atoms with Crippen molar-refractivity contribution in [1.29, 1.82) is 0 Å². The lowest BCUT2D eigenvalue weighted by Gasteiger charge is -2.30. The van der Waals surface area contributed by atoms with Crippen molar-refractivity contribution in [2.75, 3.05) is 15.9 Å². The van der Waals surface area contributed by atoms with E-state index in [4.69, 9.17) is 11.6 Å². The van der Waals surface area contributed by atoms with Crippen molar-refractivity contribution in [2.45, 2.75) is 19.4 Å². The topological polar surface area (TPSA) is 66.5 Å². The van der Waals surface area contributed by atoms with Crippen LogP contribution >= 0.6 is 11.6 Å². The Balaban J connectivity index is 2.36. The monoisotopic (exact) mass is 384 g/mol. The Bertz CT molecular complexity index is 856. The molecule has 0 radical (unpaired) electrons. The van der Waals surface area contributed by atoms with Crippen LogP contribution in [0.5, 0.6) is 0 Å². The third-order valence-electron chi connectivity index (χ3n) is 3.50. The van der Waals surface area contributed by atoms with Gasteiger partial charge < -0.3 is 5.32 Å². The summed E-state index contributed by atoms with van der Waals surface area (Å²) in [7, 11) is -3.73. The van der Waals surface area contributed by atoms with Crippen molar-refractivity contribution in [3.05, 3.63) is 59.4 Å². The number of nitrogens with zero attached hydrogens (tertiary/aromatic N) is 1. The first-order chi connectivity index (χ1) is 11.7. The molecule has 2 aromatic carbocycles. The summed E-state index contributed by atoms with van der Waals surface area (Å²) in [5, 5.41) is 3.01. The fourth-order valence-corrected chi connectivity index (χ4v) is 3.78. The Labute approximate surface area is 151 Å². The second-order valence-electron chi connectivity index (χ2n) is 5.46. The Hall–Kier alpha value is -2.12. The van der Waals surface area contributed by atoms with Gasteiger partial charge in [0.2, 0.25) is 15.9 Å². The van der Waals surface area contributed by atoms with Crippen LogP contribution in [0.1, 0.15) is 13.3 Å². The molecule has 0 fully saturated rings. The predicted octanol–water partition coefficient (Wildman–Crippen LogP) is 3.66. The highest BCUT2D eigenvalue weighted by Gasteiger charge is 2.31. The number of halogens is 2. The molecule has 0 aliphatic rings. The maximum absolute atomic E-state index is 13.3. The standard InChI is InChI=1S/C17H18ClFN2O3S/c1-3-16(17(22)20-14-6-4-5-13(19)11-14)21(25(2,23)24)15-9-7-12(18)8-10-15/h4-11,16H,3H2,1-2H3,(H,20,22)/t16-/m1/s1. The number of nitrogens with one attached hydrogen (secondary N) is 1. The van der Waals surface area contributed by atoms with Crippen molar-refractivity contribution in [1.82, 2.24) is 0 Å². The maximum Gasteiger partial charge on any atom is 0.248 e. The highest BCUT2D eigenvalue weighted by molar-refractivity contribution is 7.92. The number of anilines is 2. The van der Waals surface area contributed by atoms with Crippen LogP contribution in [-0.2, 0) is 14.8 Å². The second kappa shape index (κ2) is 7.84. The Kier molecular flexibility index (Phi) is 6.02.